The highest BCUT2D eigenvalue weighted by molar-refractivity contribution is 7.85. The van der Waals surface area contributed by atoms with Crippen molar-refractivity contribution in [2.24, 2.45) is 5.41 Å². The molecule has 6 heteroatoms. The van der Waals surface area contributed by atoms with Gasteiger partial charge >= 0.3 is 6.03 Å². The smallest absolute Gasteiger partial charge is 0.317 e. The number of hydrogen-bond acceptors (Lipinski definition) is 3. The Bertz CT molecular complexity index is 430. The van der Waals surface area contributed by atoms with Crippen LogP contribution >= 0.6 is 0 Å². The number of nitrogens with zero attached hydrogens (tertiary/aromatic N) is 1. The van der Waals surface area contributed by atoms with E-state index in [-0.39, 0.29) is 29.6 Å². The van der Waals surface area contributed by atoms with Gasteiger partial charge in [-0.05, 0) is 39.0 Å². The number of amides is 2. The fraction of sp³-hybridized carbons (Fsp3) is 0.941. The Morgan fingerprint density at radius 2 is 1.87 bits per heavy atom. The fourth-order valence-electron chi connectivity index (χ4n) is 4.17. The Kier molecular flexibility index (Phi) is 6.48. The van der Waals surface area contributed by atoms with Gasteiger partial charge in [0.1, 0.15) is 0 Å². The van der Waals surface area contributed by atoms with Gasteiger partial charge in [-0.15, -0.1) is 0 Å². The third kappa shape index (κ3) is 3.73. The Morgan fingerprint density at radius 3 is 2.39 bits per heavy atom. The second kappa shape index (κ2) is 7.97. The van der Waals surface area contributed by atoms with E-state index in [1.807, 2.05) is 18.9 Å². The predicted molar refractivity (Wildman–Crippen MR) is 94.0 cm³/mol. The summed E-state index contributed by atoms with van der Waals surface area (Å²) in [6, 6.07) is 0.420. The summed E-state index contributed by atoms with van der Waals surface area (Å²) in [5.74, 6) is 1.43. The molecule has 2 fully saturated rings. The minimum Gasteiger partial charge on any atom is -0.378 e. The van der Waals surface area contributed by atoms with Crippen molar-refractivity contribution in [1.82, 2.24) is 10.2 Å². The Labute approximate surface area is 143 Å². The van der Waals surface area contributed by atoms with Gasteiger partial charge in [-0.2, -0.15) is 0 Å². The van der Waals surface area contributed by atoms with Gasteiger partial charge in [-0.25, -0.2) is 4.79 Å². The molecule has 1 saturated heterocycles. The largest absolute Gasteiger partial charge is 0.378 e. The van der Waals surface area contributed by atoms with Crippen LogP contribution in [0.25, 0.3) is 0 Å². The number of urea groups is 1. The normalized spacial score (nSPS) is 32.9. The lowest BCUT2D eigenvalue weighted by atomic mass is 9.58. The first-order valence-corrected chi connectivity index (χ1v) is 10.5. The molecule has 2 rings (SSSR count). The van der Waals surface area contributed by atoms with Crippen LogP contribution < -0.4 is 5.32 Å². The van der Waals surface area contributed by atoms with Crippen LogP contribution in [0.1, 0.15) is 52.9 Å². The second-order valence-electron chi connectivity index (χ2n) is 6.81. The van der Waals surface area contributed by atoms with Crippen LogP contribution in [0.5, 0.6) is 0 Å². The summed E-state index contributed by atoms with van der Waals surface area (Å²) in [6.07, 6.45) is 4.89. The summed E-state index contributed by atoms with van der Waals surface area (Å²) in [4.78, 5) is 14.4. The molecule has 1 aliphatic carbocycles. The fourth-order valence-corrected chi connectivity index (χ4v) is 5.44. The molecule has 0 bridgehead atoms. The summed E-state index contributed by atoms with van der Waals surface area (Å²) in [5, 5.41) is 3.24. The molecule has 134 valence electrons. The zero-order chi connectivity index (χ0) is 17.0. The maximum atomic E-state index is 12.6. The highest BCUT2D eigenvalue weighted by Gasteiger charge is 2.54. The lowest BCUT2D eigenvalue weighted by Crippen LogP contribution is -2.66. The molecule has 0 aromatic carbocycles. The number of ether oxygens (including phenoxy) is 1. The van der Waals surface area contributed by atoms with Gasteiger partial charge in [0, 0.05) is 53.5 Å². The van der Waals surface area contributed by atoms with Gasteiger partial charge in [0.2, 0.25) is 0 Å². The van der Waals surface area contributed by atoms with Crippen LogP contribution in [-0.4, -0.2) is 58.5 Å². The van der Waals surface area contributed by atoms with E-state index < -0.39 is 10.8 Å². The van der Waals surface area contributed by atoms with Crippen LogP contribution in [-0.2, 0) is 15.5 Å². The quantitative estimate of drug-likeness (QED) is 0.805. The van der Waals surface area contributed by atoms with Crippen molar-refractivity contribution in [1.29, 1.82) is 0 Å². The number of nitrogens with one attached hydrogen (secondary N) is 1. The molecule has 2 atom stereocenters. The topological polar surface area (TPSA) is 58.6 Å². The summed E-state index contributed by atoms with van der Waals surface area (Å²) in [6.45, 7) is 7.14. The molecule has 1 N–H and O–H groups in total. The third-order valence-electron chi connectivity index (χ3n) is 5.99. The van der Waals surface area contributed by atoms with Crippen molar-refractivity contribution >= 4 is 16.8 Å². The van der Waals surface area contributed by atoms with Gasteiger partial charge in [-0.3, -0.25) is 4.21 Å². The molecule has 5 nitrogen and oxygen atoms in total. The van der Waals surface area contributed by atoms with Crippen molar-refractivity contribution < 1.29 is 13.7 Å². The number of carbonyl (C=O) groups excluding carboxylic acids is 1. The van der Waals surface area contributed by atoms with E-state index in [0.29, 0.717) is 11.5 Å². The maximum Gasteiger partial charge on any atom is 0.317 e. The molecule has 0 aromatic heterocycles. The van der Waals surface area contributed by atoms with Crippen LogP contribution in [0, 0.1) is 5.41 Å². The summed E-state index contributed by atoms with van der Waals surface area (Å²) >= 11 is 0. The van der Waals surface area contributed by atoms with E-state index in [0.717, 1.165) is 38.7 Å². The molecule has 0 aromatic rings. The maximum absolute atomic E-state index is 12.6. The van der Waals surface area contributed by atoms with Crippen molar-refractivity contribution in [3.8, 4) is 0 Å². The zero-order valence-corrected chi connectivity index (χ0v) is 15.8. The van der Waals surface area contributed by atoms with E-state index in [4.69, 9.17) is 4.74 Å². The highest BCUT2D eigenvalue weighted by atomic mass is 32.2. The number of carbonyl (C=O) groups is 1. The summed E-state index contributed by atoms with van der Waals surface area (Å²) < 4.78 is 17.4. The lowest BCUT2D eigenvalue weighted by molar-refractivity contribution is -0.134. The SMILES string of the molecule is CCO[C@@H]1C[C@@H](NC(=O)N(C)C2CCS(=O)CC2)C1(CC)CC. The van der Waals surface area contributed by atoms with Gasteiger partial charge in [0.05, 0.1) is 6.10 Å². The summed E-state index contributed by atoms with van der Waals surface area (Å²) in [5.41, 5.74) is 0.0700. The van der Waals surface area contributed by atoms with E-state index in [2.05, 4.69) is 19.2 Å². The van der Waals surface area contributed by atoms with E-state index in [9.17, 15) is 9.00 Å². The van der Waals surface area contributed by atoms with E-state index in [1.165, 1.54) is 0 Å². The van der Waals surface area contributed by atoms with Crippen molar-refractivity contribution in [3.63, 3.8) is 0 Å². The number of rotatable bonds is 6. The number of hydrogen-bond donors (Lipinski definition) is 1. The molecule has 1 saturated carbocycles. The Morgan fingerprint density at radius 1 is 1.26 bits per heavy atom. The molecule has 0 spiro atoms. The van der Waals surface area contributed by atoms with Gasteiger partial charge < -0.3 is 15.0 Å². The zero-order valence-electron chi connectivity index (χ0n) is 15.0. The molecule has 1 aliphatic heterocycles. The first-order chi connectivity index (χ1) is 11.0. The van der Waals surface area contributed by atoms with E-state index in [1.54, 1.807) is 0 Å². The molecule has 23 heavy (non-hydrogen) atoms. The standard InChI is InChI=1S/C17H32N2O3S/c1-5-17(6-2)14(12-15(17)22-7-3)18-16(20)19(4)13-8-10-23(21)11-9-13/h13-15H,5-12H2,1-4H3,(H,18,20)/t13?,14-,15-,23?/m1/s1. The summed E-state index contributed by atoms with van der Waals surface area (Å²) in [7, 11) is 1.18. The minimum absolute atomic E-state index is 0.00825. The third-order valence-corrected chi connectivity index (χ3v) is 7.37. The average Bonchev–Trinajstić information content (AvgIpc) is 2.55. The van der Waals surface area contributed by atoms with Gasteiger partial charge in [-0.1, -0.05) is 13.8 Å². The average molecular weight is 345 g/mol. The second-order valence-corrected chi connectivity index (χ2v) is 8.51. The molecule has 2 aliphatic rings. The molecular formula is C17H32N2O3S. The highest BCUT2D eigenvalue weighted by Crippen LogP contribution is 2.48. The van der Waals surface area contributed by atoms with Crippen LogP contribution in [0.4, 0.5) is 4.79 Å². The lowest BCUT2D eigenvalue weighted by Gasteiger charge is -2.55. The molecule has 0 radical (unpaired) electrons. The van der Waals surface area contributed by atoms with Crippen molar-refractivity contribution in [2.75, 3.05) is 25.2 Å². The van der Waals surface area contributed by atoms with Crippen LogP contribution in [0.3, 0.4) is 0 Å². The monoisotopic (exact) mass is 344 g/mol. The Hall–Kier alpha value is -0.620. The van der Waals surface area contributed by atoms with Gasteiger partial charge in [0.25, 0.3) is 0 Å². The molecular weight excluding hydrogens is 312 g/mol. The Balaban J connectivity index is 1.93. The molecule has 2 amide bonds. The van der Waals surface area contributed by atoms with Crippen molar-refractivity contribution in [3.05, 3.63) is 0 Å². The van der Waals surface area contributed by atoms with Crippen LogP contribution in [0.2, 0.25) is 0 Å². The predicted octanol–water partition coefficient (Wildman–Crippen LogP) is 2.52. The minimum atomic E-state index is -0.689. The van der Waals surface area contributed by atoms with Gasteiger partial charge in [0.15, 0.2) is 0 Å². The molecule has 1 heterocycles. The van der Waals surface area contributed by atoms with Crippen molar-refractivity contribution in [2.45, 2.75) is 71.1 Å². The first-order valence-electron chi connectivity index (χ1n) is 8.98. The molecule has 0 unspecified atom stereocenters. The van der Waals surface area contributed by atoms with Crippen LogP contribution in [0.15, 0.2) is 0 Å². The first kappa shape index (κ1) is 18.7. The van der Waals surface area contributed by atoms with E-state index >= 15 is 0 Å².